The Kier molecular flexibility index (Phi) is 8.03. The molecule has 7 nitrogen and oxygen atoms in total. The Hall–Kier alpha value is -3.06. The molecule has 0 radical (unpaired) electrons. The minimum atomic E-state index is -0.500. The highest BCUT2D eigenvalue weighted by Gasteiger charge is 2.21. The van der Waals surface area contributed by atoms with Crippen molar-refractivity contribution in [3.63, 3.8) is 0 Å². The van der Waals surface area contributed by atoms with Gasteiger partial charge in [-0.15, -0.1) is 0 Å². The fraction of sp³-hybridized carbons (Fsp3) is 0.364. The van der Waals surface area contributed by atoms with E-state index in [1.807, 2.05) is 51.2 Å². The molecular weight excluding hydrogens is 370 g/mol. The molecule has 29 heavy (non-hydrogen) atoms. The quantitative estimate of drug-likeness (QED) is 0.568. The molecule has 5 N–H and O–H groups in total. The minimum absolute atomic E-state index is 0.0443. The molecule has 2 amide bonds. The van der Waals surface area contributed by atoms with E-state index in [1.54, 1.807) is 24.3 Å². The smallest absolute Gasteiger partial charge is 0.282 e. The Morgan fingerprint density at radius 3 is 2.21 bits per heavy atom. The number of amides is 2. The summed E-state index contributed by atoms with van der Waals surface area (Å²) in [7, 11) is 0. The summed E-state index contributed by atoms with van der Waals surface area (Å²) in [5, 5.41) is 4.84. The number of primary amides is 1. The van der Waals surface area contributed by atoms with Crippen molar-refractivity contribution in [1.82, 2.24) is 0 Å². The van der Waals surface area contributed by atoms with E-state index in [4.69, 9.17) is 15.2 Å². The van der Waals surface area contributed by atoms with Gasteiger partial charge in [0.25, 0.3) is 5.91 Å². The van der Waals surface area contributed by atoms with Gasteiger partial charge in [-0.2, -0.15) is 0 Å². The number of quaternary nitrogens is 1. The Morgan fingerprint density at radius 2 is 1.62 bits per heavy atom. The van der Waals surface area contributed by atoms with Crippen molar-refractivity contribution in [2.45, 2.75) is 39.8 Å². The first kappa shape index (κ1) is 22.2. The molecule has 2 aromatic rings. The van der Waals surface area contributed by atoms with Crippen molar-refractivity contribution in [2.24, 2.45) is 5.73 Å². The molecule has 156 valence electrons. The van der Waals surface area contributed by atoms with Crippen molar-refractivity contribution in [1.29, 1.82) is 0 Å². The zero-order chi connectivity index (χ0) is 21.4. The summed E-state index contributed by atoms with van der Waals surface area (Å²) < 4.78 is 11.3. The number of nitrogens with two attached hydrogens (primary N) is 2. The van der Waals surface area contributed by atoms with Crippen molar-refractivity contribution >= 4 is 17.5 Å². The molecule has 2 rings (SSSR count). The maximum atomic E-state index is 12.5. The zero-order valence-electron chi connectivity index (χ0n) is 17.4. The van der Waals surface area contributed by atoms with Gasteiger partial charge in [-0.25, -0.2) is 0 Å². The van der Waals surface area contributed by atoms with Crippen LogP contribution in [0, 0.1) is 0 Å². The number of anilines is 1. The summed E-state index contributed by atoms with van der Waals surface area (Å²) in [6.07, 6.45) is 0. The van der Waals surface area contributed by atoms with E-state index in [0.717, 1.165) is 11.3 Å². The van der Waals surface area contributed by atoms with Crippen LogP contribution in [0.2, 0.25) is 0 Å². The molecule has 2 aromatic carbocycles. The molecule has 0 fully saturated rings. The van der Waals surface area contributed by atoms with Crippen molar-refractivity contribution < 1.29 is 24.4 Å². The SMILES string of the molecule is CCOc1ccc([C@@H](C)[NH2+][C@@H](C)C(=O)Nc2ccc(C(N)=O)cc2)cc1OCC. The summed E-state index contributed by atoms with van der Waals surface area (Å²) in [4.78, 5) is 23.7. The fourth-order valence-corrected chi connectivity index (χ4v) is 2.96. The Balaban J connectivity index is 2.01. The normalized spacial score (nSPS) is 12.7. The van der Waals surface area contributed by atoms with Crippen LogP contribution in [-0.2, 0) is 4.79 Å². The predicted octanol–water partition coefficient (Wildman–Crippen LogP) is 2.23. The van der Waals surface area contributed by atoms with Crippen molar-refractivity contribution in [3.8, 4) is 11.5 Å². The first-order valence-electron chi connectivity index (χ1n) is 9.80. The number of benzene rings is 2. The molecule has 0 heterocycles. The Labute approximate surface area is 171 Å². The third kappa shape index (κ3) is 6.22. The maximum Gasteiger partial charge on any atom is 0.282 e. The van der Waals surface area contributed by atoms with E-state index in [2.05, 4.69) is 5.32 Å². The van der Waals surface area contributed by atoms with Gasteiger partial charge in [0, 0.05) is 16.8 Å². The van der Waals surface area contributed by atoms with Gasteiger partial charge >= 0.3 is 0 Å². The molecule has 0 spiro atoms. The average Bonchev–Trinajstić information content (AvgIpc) is 2.69. The van der Waals surface area contributed by atoms with Crippen molar-refractivity contribution in [3.05, 3.63) is 53.6 Å². The van der Waals surface area contributed by atoms with Gasteiger partial charge in [0.15, 0.2) is 17.5 Å². The lowest BCUT2D eigenvalue weighted by Crippen LogP contribution is -2.91. The molecule has 0 saturated heterocycles. The Bertz CT molecular complexity index is 836. The summed E-state index contributed by atoms with van der Waals surface area (Å²) in [6.45, 7) is 8.87. The molecule has 0 aliphatic rings. The monoisotopic (exact) mass is 400 g/mol. The molecule has 0 aliphatic carbocycles. The summed E-state index contributed by atoms with van der Waals surface area (Å²) in [5.74, 6) is 0.800. The number of hydrogen-bond acceptors (Lipinski definition) is 4. The molecule has 7 heteroatoms. The lowest BCUT2D eigenvalue weighted by atomic mass is 10.1. The van der Waals surface area contributed by atoms with Crippen LogP contribution >= 0.6 is 0 Å². The zero-order valence-corrected chi connectivity index (χ0v) is 17.4. The van der Waals surface area contributed by atoms with Crippen LogP contribution < -0.4 is 25.8 Å². The fourth-order valence-electron chi connectivity index (χ4n) is 2.96. The van der Waals surface area contributed by atoms with Crippen LogP contribution in [0.4, 0.5) is 5.69 Å². The standard InChI is InChI=1S/C22H29N3O4/c1-5-28-19-12-9-17(13-20(19)29-6-2)14(3)24-15(4)22(27)25-18-10-7-16(8-11-18)21(23)26/h7-15,24H,5-6H2,1-4H3,(H2,23,26)(H,25,27)/p+1/t14-,15+/m1/s1. The lowest BCUT2D eigenvalue weighted by molar-refractivity contribution is -0.709. The van der Waals surface area contributed by atoms with Crippen LogP contribution in [0.5, 0.6) is 11.5 Å². The van der Waals surface area contributed by atoms with Gasteiger partial charge in [-0.05, 0) is 70.2 Å². The topological polar surface area (TPSA) is 107 Å². The van der Waals surface area contributed by atoms with E-state index in [1.165, 1.54) is 0 Å². The second kappa shape index (κ2) is 10.5. The lowest BCUT2D eigenvalue weighted by Gasteiger charge is -2.18. The number of hydrogen-bond donors (Lipinski definition) is 3. The molecule has 0 bridgehead atoms. The number of ether oxygens (including phenoxy) is 2. The van der Waals surface area contributed by atoms with Crippen LogP contribution in [0.3, 0.4) is 0 Å². The van der Waals surface area contributed by atoms with E-state index in [-0.39, 0.29) is 18.0 Å². The highest BCUT2D eigenvalue weighted by Crippen LogP contribution is 2.30. The number of rotatable bonds is 10. The molecule has 0 unspecified atom stereocenters. The van der Waals surface area contributed by atoms with E-state index < -0.39 is 5.91 Å². The summed E-state index contributed by atoms with van der Waals surface area (Å²) in [6, 6.07) is 12.1. The highest BCUT2D eigenvalue weighted by molar-refractivity contribution is 5.95. The van der Waals surface area contributed by atoms with Crippen LogP contribution in [0.1, 0.15) is 49.7 Å². The molecule has 2 atom stereocenters. The Morgan fingerprint density at radius 1 is 1.00 bits per heavy atom. The molecule has 0 aromatic heterocycles. The molecule has 0 saturated carbocycles. The van der Waals surface area contributed by atoms with E-state index >= 15 is 0 Å². The third-order valence-electron chi connectivity index (χ3n) is 4.52. The van der Waals surface area contributed by atoms with Crippen LogP contribution in [0.15, 0.2) is 42.5 Å². The van der Waals surface area contributed by atoms with Gasteiger partial charge in [0.1, 0.15) is 6.04 Å². The highest BCUT2D eigenvalue weighted by atomic mass is 16.5. The van der Waals surface area contributed by atoms with Gasteiger partial charge < -0.3 is 25.8 Å². The number of carbonyl (C=O) groups excluding carboxylic acids is 2. The van der Waals surface area contributed by atoms with Gasteiger partial charge in [-0.1, -0.05) is 0 Å². The van der Waals surface area contributed by atoms with Crippen LogP contribution in [-0.4, -0.2) is 31.1 Å². The second-order valence-electron chi connectivity index (χ2n) is 6.77. The molecular formula is C22H30N3O4+. The first-order valence-corrected chi connectivity index (χ1v) is 9.80. The van der Waals surface area contributed by atoms with E-state index in [9.17, 15) is 9.59 Å². The molecule has 0 aliphatic heterocycles. The van der Waals surface area contributed by atoms with Gasteiger partial charge in [0.2, 0.25) is 5.91 Å². The summed E-state index contributed by atoms with van der Waals surface area (Å²) >= 11 is 0. The predicted molar refractivity (Wildman–Crippen MR) is 112 cm³/mol. The van der Waals surface area contributed by atoms with Crippen LogP contribution in [0.25, 0.3) is 0 Å². The largest absolute Gasteiger partial charge is 0.490 e. The average molecular weight is 400 g/mol. The minimum Gasteiger partial charge on any atom is -0.490 e. The van der Waals surface area contributed by atoms with Crippen molar-refractivity contribution in [2.75, 3.05) is 18.5 Å². The first-order chi connectivity index (χ1) is 13.8. The summed E-state index contributed by atoms with van der Waals surface area (Å²) in [5.41, 5.74) is 7.29. The maximum absolute atomic E-state index is 12.5. The number of nitrogens with one attached hydrogen (secondary N) is 1. The number of carbonyl (C=O) groups is 2. The third-order valence-corrected chi connectivity index (χ3v) is 4.52. The van der Waals surface area contributed by atoms with Gasteiger partial charge in [-0.3, -0.25) is 9.59 Å². The van der Waals surface area contributed by atoms with Gasteiger partial charge in [0.05, 0.1) is 13.2 Å². The second-order valence-corrected chi connectivity index (χ2v) is 6.77. The van der Waals surface area contributed by atoms with E-state index in [0.29, 0.717) is 30.2 Å².